The number of nitrogens with one attached hydrogen (secondary N) is 1. The number of hydrogen-bond acceptors (Lipinski definition) is 3. The van der Waals surface area contributed by atoms with Crippen molar-refractivity contribution in [3.63, 3.8) is 0 Å². The Balaban J connectivity index is 1.85. The van der Waals surface area contributed by atoms with Gasteiger partial charge in [-0.3, -0.25) is 9.59 Å². The van der Waals surface area contributed by atoms with Crippen LogP contribution >= 0.6 is 0 Å². The highest BCUT2D eigenvalue weighted by atomic mass is 16.2. The third-order valence-corrected chi connectivity index (χ3v) is 4.38. The van der Waals surface area contributed by atoms with Crippen LogP contribution in [0.1, 0.15) is 32.3 Å². The third-order valence-electron chi connectivity index (χ3n) is 4.38. The minimum Gasteiger partial charge on any atom is -0.348 e. The normalized spacial score (nSPS) is 13.8. The van der Waals surface area contributed by atoms with Gasteiger partial charge in [-0.05, 0) is 50.5 Å². The smallest absolute Gasteiger partial charge is 0.316 e. The first-order valence-corrected chi connectivity index (χ1v) is 8.57. The maximum absolute atomic E-state index is 12.4. The second-order valence-corrected chi connectivity index (χ2v) is 5.83. The number of aryl methyl sites for hydroxylation is 1. The third kappa shape index (κ3) is 4.55. The molecule has 2 amide bonds. The first kappa shape index (κ1) is 17.5. The number of hydrogen-bond donors (Lipinski definition) is 1. The molecule has 0 aromatic heterocycles. The van der Waals surface area contributed by atoms with Gasteiger partial charge in [0.1, 0.15) is 0 Å². The van der Waals surface area contributed by atoms with Gasteiger partial charge < -0.3 is 15.1 Å². The number of fused-ring (bicyclic) bond motifs is 1. The van der Waals surface area contributed by atoms with Crippen molar-refractivity contribution >= 4 is 17.5 Å². The lowest BCUT2D eigenvalue weighted by molar-refractivity contribution is -0.137. The van der Waals surface area contributed by atoms with Crippen LogP contribution in [0.4, 0.5) is 5.69 Å². The van der Waals surface area contributed by atoms with Gasteiger partial charge in [0.25, 0.3) is 0 Å². The first-order valence-electron chi connectivity index (χ1n) is 8.57. The molecule has 1 heterocycles. The molecule has 0 fully saturated rings. The molecular weight excluding hydrogens is 290 g/mol. The predicted octanol–water partition coefficient (Wildman–Crippen LogP) is 1.81. The van der Waals surface area contributed by atoms with E-state index >= 15 is 0 Å². The Hall–Kier alpha value is -1.88. The number of anilines is 1. The molecule has 5 nitrogen and oxygen atoms in total. The molecule has 1 aliphatic rings. The summed E-state index contributed by atoms with van der Waals surface area (Å²) in [4.78, 5) is 28.4. The number of nitrogens with zero attached hydrogens (tertiary/aromatic N) is 2. The summed E-state index contributed by atoms with van der Waals surface area (Å²) >= 11 is 0. The van der Waals surface area contributed by atoms with Crippen molar-refractivity contribution in [2.45, 2.75) is 33.1 Å². The van der Waals surface area contributed by atoms with Crippen LogP contribution in [-0.2, 0) is 16.0 Å². The molecule has 23 heavy (non-hydrogen) atoms. The fourth-order valence-corrected chi connectivity index (χ4v) is 2.99. The molecular formula is C18H27N3O2. The van der Waals surface area contributed by atoms with Crippen LogP contribution in [0.3, 0.4) is 0 Å². The molecule has 126 valence electrons. The van der Waals surface area contributed by atoms with Gasteiger partial charge in [-0.1, -0.05) is 32.0 Å². The Morgan fingerprint density at radius 3 is 2.70 bits per heavy atom. The van der Waals surface area contributed by atoms with Gasteiger partial charge in [0.05, 0.1) is 0 Å². The van der Waals surface area contributed by atoms with Crippen LogP contribution in [0.15, 0.2) is 24.3 Å². The first-order chi connectivity index (χ1) is 11.2. The number of carbonyl (C=O) groups excluding carboxylic acids is 2. The predicted molar refractivity (Wildman–Crippen MR) is 92.5 cm³/mol. The van der Waals surface area contributed by atoms with Crippen LogP contribution in [0.25, 0.3) is 0 Å². The van der Waals surface area contributed by atoms with Crippen LogP contribution in [0.5, 0.6) is 0 Å². The average Bonchev–Trinajstić information content (AvgIpc) is 2.60. The summed E-state index contributed by atoms with van der Waals surface area (Å²) in [5, 5.41) is 2.76. The number of para-hydroxylation sites is 1. The highest BCUT2D eigenvalue weighted by molar-refractivity contribution is 6.40. The van der Waals surface area contributed by atoms with Gasteiger partial charge >= 0.3 is 11.8 Å². The molecule has 0 saturated heterocycles. The summed E-state index contributed by atoms with van der Waals surface area (Å²) < 4.78 is 0. The molecule has 1 aromatic carbocycles. The van der Waals surface area contributed by atoms with Gasteiger partial charge in [0, 0.05) is 18.8 Å². The van der Waals surface area contributed by atoms with Crippen molar-refractivity contribution < 1.29 is 9.59 Å². The van der Waals surface area contributed by atoms with Crippen LogP contribution in [0, 0.1) is 0 Å². The summed E-state index contributed by atoms with van der Waals surface area (Å²) in [5.41, 5.74) is 2.02. The summed E-state index contributed by atoms with van der Waals surface area (Å²) in [6.07, 6.45) is 2.72. The maximum atomic E-state index is 12.4. The van der Waals surface area contributed by atoms with Crippen molar-refractivity contribution in [2.75, 3.05) is 37.6 Å². The van der Waals surface area contributed by atoms with E-state index in [0.717, 1.165) is 50.1 Å². The van der Waals surface area contributed by atoms with Crippen molar-refractivity contribution in [2.24, 2.45) is 0 Å². The molecule has 1 N–H and O–H groups in total. The Bertz CT molecular complexity index is 541. The summed E-state index contributed by atoms with van der Waals surface area (Å²) in [6.45, 7) is 8.36. The van der Waals surface area contributed by atoms with Crippen LogP contribution in [-0.4, -0.2) is 49.4 Å². The highest BCUT2D eigenvalue weighted by Gasteiger charge is 2.26. The van der Waals surface area contributed by atoms with Crippen molar-refractivity contribution in [1.29, 1.82) is 0 Å². The van der Waals surface area contributed by atoms with E-state index in [-0.39, 0.29) is 0 Å². The summed E-state index contributed by atoms with van der Waals surface area (Å²) in [6, 6.07) is 7.82. The molecule has 5 heteroatoms. The van der Waals surface area contributed by atoms with E-state index < -0.39 is 11.8 Å². The fourth-order valence-electron chi connectivity index (χ4n) is 2.99. The zero-order valence-corrected chi connectivity index (χ0v) is 14.2. The molecule has 0 aliphatic carbocycles. The van der Waals surface area contributed by atoms with E-state index in [9.17, 15) is 9.59 Å². The highest BCUT2D eigenvalue weighted by Crippen LogP contribution is 2.26. The Labute approximate surface area is 138 Å². The Morgan fingerprint density at radius 1 is 1.22 bits per heavy atom. The summed E-state index contributed by atoms with van der Waals surface area (Å²) in [7, 11) is 0. The van der Waals surface area contributed by atoms with Gasteiger partial charge in [-0.25, -0.2) is 0 Å². The zero-order valence-electron chi connectivity index (χ0n) is 14.2. The molecule has 0 saturated carbocycles. The Morgan fingerprint density at radius 2 is 1.96 bits per heavy atom. The van der Waals surface area contributed by atoms with E-state index in [2.05, 4.69) is 24.1 Å². The molecule has 1 aromatic rings. The molecule has 0 bridgehead atoms. The van der Waals surface area contributed by atoms with Crippen LogP contribution < -0.4 is 10.2 Å². The standard InChI is InChI=1S/C18H27N3O2/c1-3-20(4-2)13-8-12-19-17(22)18(23)21-14-7-10-15-9-5-6-11-16(15)21/h5-6,9,11H,3-4,7-8,10,12-14H2,1-2H3,(H,19,22). The molecule has 0 atom stereocenters. The molecule has 0 spiro atoms. The van der Waals surface area contributed by atoms with Gasteiger partial charge in [0.2, 0.25) is 0 Å². The van der Waals surface area contributed by atoms with E-state index in [1.807, 2.05) is 24.3 Å². The zero-order chi connectivity index (χ0) is 16.7. The second kappa shape index (κ2) is 8.67. The van der Waals surface area contributed by atoms with E-state index in [1.165, 1.54) is 0 Å². The van der Waals surface area contributed by atoms with E-state index in [4.69, 9.17) is 0 Å². The number of rotatable bonds is 6. The van der Waals surface area contributed by atoms with Gasteiger partial charge in [-0.15, -0.1) is 0 Å². The number of benzene rings is 1. The van der Waals surface area contributed by atoms with Crippen molar-refractivity contribution in [3.05, 3.63) is 29.8 Å². The SMILES string of the molecule is CCN(CC)CCCNC(=O)C(=O)N1CCCc2ccccc21. The lowest BCUT2D eigenvalue weighted by atomic mass is 10.0. The minimum atomic E-state index is -0.499. The van der Waals surface area contributed by atoms with Crippen LogP contribution in [0.2, 0.25) is 0 Å². The maximum Gasteiger partial charge on any atom is 0.316 e. The van der Waals surface area contributed by atoms with Gasteiger partial charge in [-0.2, -0.15) is 0 Å². The largest absolute Gasteiger partial charge is 0.348 e. The Kier molecular flexibility index (Phi) is 6.59. The molecule has 0 unspecified atom stereocenters. The van der Waals surface area contributed by atoms with Crippen molar-refractivity contribution in [1.82, 2.24) is 10.2 Å². The second-order valence-electron chi connectivity index (χ2n) is 5.83. The van der Waals surface area contributed by atoms with Crippen molar-refractivity contribution in [3.8, 4) is 0 Å². The minimum absolute atomic E-state index is 0.444. The fraction of sp³-hybridized carbons (Fsp3) is 0.556. The van der Waals surface area contributed by atoms with Gasteiger partial charge in [0.15, 0.2) is 0 Å². The number of amides is 2. The lowest BCUT2D eigenvalue weighted by Crippen LogP contribution is -2.45. The monoisotopic (exact) mass is 317 g/mol. The molecule has 1 aliphatic heterocycles. The average molecular weight is 317 g/mol. The molecule has 0 radical (unpaired) electrons. The lowest BCUT2D eigenvalue weighted by Gasteiger charge is -2.28. The quantitative estimate of drug-likeness (QED) is 0.643. The van der Waals surface area contributed by atoms with E-state index in [1.54, 1.807) is 4.90 Å². The molecule has 2 rings (SSSR count). The van der Waals surface area contributed by atoms with E-state index in [0.29, 0.717) is 13.1 Å². The summed E-state index contributed by atoms with van der Waals surface area (Å²) in [5.74, 6) is -0.943. The topological polar surface area (TPSA) is 52.7 Å². The number of carbonyl (C=O) groups is 2.